The second-order valence-electron chi connectivity index (χ2n) is 6.73. The van der Waals surface area contributed by atoms with Gasteiger partial charge in [0.05, 0.1) is 37.9 Å². The Labute approximate surface area is 184 Å². The van der Waals surface area contributed by atoms with Gasteiger partial charge in [-0.25, -0.2) is 4.98 Å². The van der Waals surface area contributed by atoms with Gasteiger partial charge >= 0.3 is 0 Å². The molecule has 0 atom stereocenters. The van der Waals surface area contributed by atoms with Crippen molar-refractivity contribution in [2.75, 3.05) is 21.3 Å². The number of thioether (sulfide) groups is 1. The number of rotatable bonds is 7. The summed E-state index contributed by atoms with van der Waals surface area (Å²) in [6.07, 6.45) is 0. The Kier molecular flexibility index (Phi) is 6.13. The zero-order valence-corrected chi connectivity index (χ0v) is 18.3. The zero-order chi connectivity index (χ0) is 21.8. The Balaban J connectivity index is 1.83. The van der Waals surface area contributed by atoms with Crippen molar-refractivity contribution in [3.8, 4) is 22.9 Å². The highest BCUT2D eigenvalue weighted by atomic mass is 32.2. The highest BCUT2D eigenvalue weighted by molar-refractivity contribution is 7.98. The molecule has 4 rings (SSSR count). The van der Waals surface area contributed by atoms with Gasteiger partial charge < -0.3 is 14.2 Å². The fraction of sp³-hybridized carbons (Fsp3) is 0.167. The van der Waals surface area contributed by atoms with Gasteiger partial charge in [0.1, 0.15) is 5.75 Å². The molecule has 7 heteroatoms. The minimum absolute atomic E-state index is 0.158. The van der Waals surface area contributed by atoms with E-state index in [4.69, 9.17) is 19.2 Å². The van der Waals surface area contributed by atoms with Crippen molar-refractivity contribution in [3.63, 3.8) is 0 Å². The summed E-state index contributed by atoms with van der Waals surface area (Å²) >= 11 is 1.50. The van der Waals surface area contributed by atoms with E-state index in [1.165, 1.54) is 11.8 Å². The van der Waals surface area contributed by atoms with Gasteiger partial charge in [0.2, 0.25) is 0 Å². The summed E-state index contributed by atoms with van der Waals surface area (Å²) in [6.45, 7) is 0. The van der Waals surface area contributed by atoms with Crippen LogP contribution >= 0.6 is 11.8 Å². The van der Waals surface area contributed by atoms with E-state index in [9.17, 15) is 4.79 Å². The first kappa shape index (κ1) is 20.8. The quantitative estimate of drug-likeness (QED) is 0.310. The summed E-state index contributed by atoms with van der Waals surface area (Å²) in [5.74, 6) is 2.49. The number of methoxy groups -OCH3 is 3. The lowest BCUT2D eigenvalue weighted by Crippen LogP contribution is -2.22. The molecule has 0 bridgehead atoms. The first-order valence-electron chi connectivity index (χ1n) is 9.64. The molecule has 0 saturated carbocycles. The van der Waals surface area contributed by atoms with E-state index in [-0.39, 0.29) is 5.56 Å². The molecule has 0 fully saturated rings. The normalized spacial score (nSPS) is 10.8. The highest BCUT2D eigenvalue weighted by Gasteiger charge is 2.16. The van der Waals surface area contributed by atoms with Crippen LogP contribution in [0.3, 0.4) is 0 Å². The maximum atomic E-state index is 13.5. The number of hydrogen-bond acceptors (Lipinski definition) is 6. The van der Waals surface area contributed by atoms with Crippen LogP contribution in [-0.4, -0.2) is 30.9 Å². The van der Waals surface area contributed by atoms with Gasteiger partial charge in [-0.1, -0.05) is 42.1 Å². The lowest BCUT2D eigenvalue weighted by atomic mass is 10.2. The summed E-state index contributed by atoms with van der Waals surface area (Å²) < 4.78 is 17.6. The molecule has 0 N–H and O–H groups in total. The van der Waals surface area contributed by atoms with Crippen molar-refractivity contribution in [2.24, 2.45) is 0 Å². The van der Waals surface area contributed by atoms with Crippen LogP contribution in [0.2, 0.25) is 0 Å². The molecular formula is C24H22N2O4S. The molecule has 6 nitrogen and oxygen atoms in total. The molecular weight excluding hydrogens is 412 g/mol. The van der Waals surface area contributed by atoms with E-state index < -0.39 is 0 Å². The van der Waals surface area contributed by atoms with Gasteiger partial charge in [0.25, 0.3) is 5.56 Å². The molecule has 1 aromatic heterocycles. The lowest BCUT2D eigenvalue weighted by molar-refractivity contribution is 0.355. The minimum atomic E-state index is -0.158. The van der Waals surface area contributed by atoms with Crippen molar-refractivity contribution >= 4 is 22.7 Å². The second-order valence-corrected chi connectivity index (χ2v) is 7.67. The standard InChI is InChI=1S/C24H22N2O4S/c1-28-18-11-9-16(10-12-18)15-31-24-25-20-14-22(30-3)21(29-2)13-19(20)23(27)26(24)17-7-5-4-6-8-17/h4-14H,15H2,1-3H3. The molecule has 0 amide bonds. The van der Waals surface area contributed by atoms with Crippen molar-refractivity contribution in [1.29, 1.82) is 0 Å². The van der Waals surface area contributed by atoms with Crippen LogP contribution in [0.25, 0.3) is 16.6 Å². The highest BCUT2D eigenvalue weighted by Crippen LogP contribution is 2.32. The smallest absolute Gasteiger partial charge is 0.266 e. The Morgan fingerprint density at radius 1 is 0.871 bits per heavy atom. The summed E-state index contributed by atoms with van der Waals surface area (Å²) in [4.78, 5) is 18.3. The van der Waals surface area contributed by atoms with Crippen LogP contribution < -0.4 is 19.8 Å². The van der Waals surface area contributed by atoms with Crippen LogP contribution in [0.15, 0.2) is 76.7 Å². The summed E-state index contributed by atoms with van der Waals surface area (Å²) in [5, 5.41) is 1.07. The Morgan fingerprint density at radius 3 is 2.19 bits per heavy atom. The minimum Gasteiger partial charge on any atom is -0.497 e. The van der Waals surface area contributed by atoms with Gasteiger partial charge in [-0.2, -0.15) is 0 Å². The fourth-order valence-corrected chi connectivity index (χ4v) is 4.23. The predicted molar refractivity (Wildman–Crippen MR) is 123 cm³/mol. The summed E-state index contributed by atoms with van der Waals surface area (Å²) in [7, 11) is 4.75. The fourth-order valence-electron chi connectivity index (χ4n) is 3.26. The van der Waals surface area contributed by atoms with Crippen LogP contribution in [0.1, 0.15) is 5.56 Å². The van der Waals surface area contributed by atoms with Crippen LogP contribution in [0, 0.1) is 0 Å². The third-order valence-corrected chi connectivity index (χ3v) is 5.89. The third kappa shape index (κ3) is 4.22. The molecule has 1 heterocycles. The Hall–Kier alpha value is -3.45. The molecule has 0 unspecified atom stereocenters. The number of fused-ring (bicyclic) bond motifs is 1. The van der Waals surface area contributed by atoms with Crippen LogP contribution in [0.4, 0.5) is 0 Å². The van der Waals surface area contributed by atoms with Gasteiger partial charge in [-0.3, -0.25) is 9.36 Å². The second kappa shape index (κ2) is 9.14. The average Bonchev–Trinajstić information content (AvgIpc) is 2.82. The van der Waals surface area contributed by atoms with Gasteiger partial charge in [-0.15, -0.1) is 0 Å². The van der Waals surface area contributed by atoms with E-state index in [2.05, 4.69) is 0 Å². The van der Waals surface area contributed by atoms with E-state index in [1.807, 2.05) is 54.6 Å². The predicted octanol–water partition coefficient (Wildman–Crippen LogP) is 4.70. The molecule has 0 aliphatic rings. The number of benzene rings is 3. The van der Waals surface area contributed by atoms with Crippen molar-refractivity contribution in [2.45, 2.75) is 10.9 Å². The van der Waals surface area contributed by atoms with E-state index >= 15 is 0 Å². The van der Waals surface area contributed by atoms with Gasteiger partial charge in [0, 0.05) is 11.8 Å². The summed E-state index contributed by atoms with van der Waals surface area (Å²) in [5.41, 5.74) is 2.27. The van der Waals surface area contributed by atoms with Crippen molar-refractivity contribution in [1.82, 2.24) is 9.55 Å². The number of para-hydroxylation sites is 1. The molecule has 0 saturated heterocycles. The number of nitrogens with zero attached hydrogens (tertiary/aromatic N) is 2. The maximum absolute atomic E-state index is 13.5. The SMILES string of the molecule is COc1ccc(CSc2nc3cc(OC)c(OC)cc3c(=O)n2-c2ccccc2)cc1. The molecule has 0 radical (unpaired) electrons. The third-order valence-electron chi connectivity index (χ3n) is 4.88. The molecule has 4 aromatic rings. The first-order valence-corrected chi connectivity index (χ1v) is 10.6. The molecule has 0 spiro atoms. The molecule has 3 aromatic carbocycles. The van der Waals surface area contributed by atoms with E-state index in [0.29, 0.717) is 33.3 Å². The monoisotopic (exact) mass is 434 g/mol. The van der Waals surface area contributed by atoms with Crippen LogP contribution in [0.5, 0.6) is 17.2 Å². The molecule has 158 valence electrons. The van der Waals surface area contributed by atoms with Crippen LogP contribution in [-0.2, 0) is 5.75 Å². The molecule has 0 aliphatic carbocycles. The number of ether oxygens (including phenoxy) is 3. The number of aromatic nitrogens is 2. The zero-order valence-electron chi connectivity index (χ0n) is 17.5. The van der Waals surface area contributed by atoms with E-state index in [0.717, 1.165) is 17.0 Å². The Bertz CT molecular complexity index is 1250. The van der Waals surface area contributed by atoms with Gasteiger partial charge in [-0.05, 0) is 35.9 Å². The largest absolute Gasteiger partial charge is 0.497 e. The van der Waals surface area contributed by atoms with Gasteiger partial charge in [0.15, 0.2) is 16.7 Å². The maximum Gasteiger partial charge on any atom is 0.266 e. The topological polar surface area (TPSA) is 62.6 Å². The molecule has 31 heavy (non-hydrogen) atoms. The average molecular weight is 435 g/mol. The molecule has 0 aliphatic heterocycles. The first-order chi connectivity index (χ1) is 15.1. The van der Waals surface area contributed by atoms with E-state index in [1.54, 1.807) is 38.0 Å². The lowest BCUT2D eigenvalue weighted by Gasteiger charge is -2.15. The summed E-state index contributed by atoms with van der Waals surface area (Å²) in [6, 6.07) is 20.8. The van der Waals surface area contributed by atoms with Crippen molar-refractivity contribution in [3.05, 3.63) is 82.6 Å². The number of hydrogen-bond donors (Lipinski definition) is 0. The Morgan fingerprint density at radius 2 is 1.55 bits per heavy atom. The van der Waals surface area contributed by atoms with Crippen molar-refractivity contribution < 1.29 is 14.2 Å².